The molecule has 0 aliphatic heterocycles. The van der Waals surface area contributed by atoms with Gasteiger partial charge in [-0.15, -0.1) is 0 Å². The fourth-order valence-corrected chi connectivity index (χ4v) is 3.38. The quantitative estimate of drug-likeness (QED) is 0.180. The normalized spacial score (nSPS) is 11.5. The van der Waals surface area contributed by atoms with E-state index in [-0.39, 0.29) is 11.9 Å². The van der Waals surface area contributed by atoms with Gasteiger partial charge in [0.25, 0.3) is 0 Å². The number of benzene rings is 3. The van der Waals surface area contributed by atoms with E-state index in [4.69, 9.17) is 15.2 Å². The van der Waals surface area contributed by atoms with E-state index < -0.39 is 10.8 Å². The second-order valence-corrected chi connectivity index (χ2v) is 10.9. The average molecular weight is 486 g/mol. The first-order chi connectivity index (χ1) is 16.8. The minimum Gasteiger partial charge on any atom is -0.426 e. The number of rotatable bonds is 5. The third-order valence-corrected chi connectivity index (χ3v) is 5.65. The predicted octanol–water partition coefficient (Wildman–Crippen LogP) is 7.15. The Bertz CT molecular complexity index is 1180. The van der Waals surface area contributed by atoms with Crippen molar-refractivity contribution >= 4 is 28.8 Å². The highest BCUT2D eigenvalue weighted by molar-refractivity contribution is 5.98. The monoisotopic (exact) mass is 485 g/mol. The van der Waals surface area contributed by atoms with Crippen LogP contribution in [-0.4, -0.2) is 11.9 Å². The van der Waals surface area contributed by atoms with E-state index in [0.29, 0.717) is 17.2 Å². The number of esters is 2. The van der Waals surface area contributed by atoms with Crippen LogP contribution in [0.5, 0.6) is 11.5 Å². The van der Waals surface area contributed by atoms with Crippen LogP contribution >= 0.6 is 0 Å². The van der Waals surface area contributed by atoms with Crippen LogP contribution in [0.25, 0.3) is 11.1 Å². The lowest BCUT2D eigenvalue weighted by molar-refractivity contribution is -0.143. The van der Waals surface area contributed by atoms with Gasteiger partial charge >= 0.3 is 11.9 Å². The summed E-state index contributed by atoms with van der Waals surface area (Å²) in [5.41, 5.74) is 10.4. The van der Waals surface area contributed by atoms with Crippen molar-refractivity contribution in [2.75, 3.05) is 5.73 Å². The maximum absolute atomic E-state index is 12.3. The van der Waals surface area contributed by atoms with Crippen LogP contribution < -0.4 is 15.2 Å². The van der Waals surface area contributed by atoms with E-state index in [0.717, 1.165) is 27.8 Å². The molecule has 0 spiro atoms. The van der Waals surface area contributed by atoms with Crippen LogP contribution in [0, 0.1) is 10.8 Å². The maximum atomic E-state index is 12.3. The van der Waals surface area contributed by atoms with E-state index in [2.05, 4.69) is 6.92 Å². The molecule has 0 radical (unpaired) electrons. The number of nitrogen functional groups attached to an aromatic ring is 1. The van der Waals surface area contributed by atoms with Crippen LogP contribution in [0.15, 0.2) is 72.8 Å². The van der Waals surface area contributed by atoms with Crippen molar-refractivity contribution in [3.05, 3.63) is 89.5 Å². The van der Waals surface area contributed by atoms with E-state index >= 15 is 0 Å². The van der Waals surface area contributed by atoms with Crippen molar-refractivity contribution < 1.29 is 19.1 Å². The number of hydrogen-bond donors (Lipinski definition) is 1. The molecule has 3 aromatic rings. The highest BCUT2D eigenvalue weighted by atomic mass is 16.5. The maximum Gasteiger partial charge on any atom is 0.316 e. The molecule has 2 N–H and O–H groups in total. The number of carbonyl (C=O) groups is 2. The predicted molar refractivity (Wildman–Crippen MR) is 146 cm³/mol. The summed E-state index contributed by atoms with van der Waals surface area (Å²) >= 11 is 0. The molecule has 0 unspecified atom stereocenters. The molecule has 188 valence electrons. The number of nitrogens with two attached hydrogens (primary N) is 1. The Morgan fingerprint density at radius 1 is 0.583 bits per heavy atom. The number of ether oxygens (including phenoxy) is 2. The first kappa shape index (κ1) is 26.7. The summed E-state index contributed by atoms with van der Waals surface area (Å²) < 4.78 is 11.1. The molecule has 3 aromatic carbocycles. The zero-order chi connectivity index (χ0) is 26.7. The molecule has 0 saturated carbocycles. The van der Waals surface area contributed by atoms with Gasteiger partial charge in [0.2, 0.25) is 0 Å². The van der Waals surface area contributed by atoms with Crippen LogP contribution in [0.1, 0.15) is 65.2 Å². The van der Waals surface area contributed by atoms with E-state index in [1.807, 2.05) is 90.1 Å². The molecule has 5 nitrogen and oxygen atoms in total. The van der Waals surface area contributed by atoms with Gasteiger partial charge in [0.1, 0.15) is 11.5 Å². The highest BCUT2D eigenvalue weighted by Crippen LogP contribution is 2.34. The summed E-state index contributed by atoms with van der Waals surface area (Å²) in [5.74, 6) is 0.411. The van der Waals surface area contributed by atoms with Crippen LogP contribution in [-0.2, 0) is 9.59 Å². The number of carbonyl (C=O) groups excluding carboxylic acids is 2. The fraction of sp³-hybridized carbons (Fsp3) is 0.290. The smallest absolute Gasteiger partial charge is 0.316 e. The second kappa shape index (κ2) is 10.4. The first-order valence-electron chi connectivity index (χ1n) is 12.0. The van der Waals surface area contributed by atoms with E-state index in [1.165, 1.54) is 0 Å². The molecule has 0 aliphatic rings. The van der Waals surface area contributed by atoms with Crippen LogP contribution in [0.3, 0.4) is 0 Å². The van der Waals surface area contributed by atoms with Crippen molar-refractivity contribution in [3.63, 3.8) is 0 Å². The summed E-state index contributed by atoms with van der Waals surface area (Å²) in [6.45, 7) is 13.0. The number of anilines is 1. The summed E-state index contributed by atoms with van der Waals surface area (Å²) in [4.78, 5) is 24.6. The molecule has 0 fully saturated rings. The topological polar surface area (TPSA) is 78.6 Å². The minimum absolute atomic E-state index is 0.288. The van der Waals surface area contributed by atoms with Gasteiger partial charge in [0.05, 0.1) is 10.8 Å². The average Bonchev–Trinajstić information content (AvgIpc) is 2.80. The summed E-state index contributed by atoms with van der Waals surface area (Å²) in [6.07, 6.45) is 0. The second-order valence-electron chi connectivity index (χ2n) is 10.9. The van der Waals surface area contributed by atoms with Gasteiger partial charge < -0.3 is 15.2 Å². The summed E-state index contributed by atoms with van der Waals surface area (Å²) in [5, 5.41) is 0. The van der Waals surface area contributed by atoms with Gasteiger partial charge in [-0.25, -0.2) is 0 Å². The summed E-state index contributed by atoms with van der Waals surface area (Å²) in [6, 6.07) is 22.7. The largest absolute Gasteiger partial charge is 0.426 e. The lowest BCUT2D eigenvalue weighted by Crippen LogP contribution is -2.25. The van der Waals surface area contributed by atoms with Gasteiger partial charge in [0, 0.05) is 5.69 Å². The lowest BCUT2D eigenvalue weighted by Gasteiger charge is -2.18. The molecule has 0 amide bonds. The van der Waals surface area contributed by atoms with Crippen molar-refractivity contribution in [1.82, 2.24) is 0 Å². The molecular weight excluding hydrogens is 450 g/mol. The third kappa shape index (κ3) is 6.63. The number of hydrogen-bond acceptors (Lipinski definition) is 5. The van der Waals surface area contributed by atoms with Gasteiger partial charge in [-0.1, -0.05) is 36.4 Å². The zero-order valence-electron chi connectivity index (χ0n) is 22.1. The fourth-order valence-electron chi connectivity index (χ4n) is 3.38. The molecular formula is C31H35NO4. The molecule has 0 saturated heterocycles. The molecule has 5 heteroatoms. The SMILES string of the molecule is CC(=C(c1ccc(OC(=O)C(C)(C)C)cc1)c1ccc(OC(=O)C(C)(C)C)cc1)c1ccc(N)cc1. The van der Waals surface area contributed by atoms with Crippen molar-refractivity contribution in [1.29, 1.82) is 0 Å². The number of allylic oxidation sites excluding steroid dienone is 1. The molecule has 0 bridgehead atoms. The van der Waals surface area contributed by atoms with E-state index in [1.54, 1.807) is 24.3 Å². The Morgan fingerprint density at radius 3 is 1.25 bits per heavy atom. The Labute approximate surface area is 213 Å². The third-order valence-electron chi connectivity index (χ3n) is 5.65. The molecule has 3 rings (SSSR count). The van der Waals surface area contributed by atoms with Gasteiger partial charge in [0.15, 0.2) is 0 Å². The van der Waals surface area contributed by atoms with Crippen LogP contribution in [0.4, 0.5) is 5.69 Å². The highest BCUT2D eigenvalue weighted by Gasteiger charge is 2.25. The van der Waals surface area contributed by atoms with Gasteiger partial charge in [-0.3, -0.25) is 9.59 Å². The lowest BCUT2D eigenvalue weighted by atomic mass is 9.90. The van der Waals surface area contributed by atoms with Crippen molar-refractivity contribution in [2.45, 2.75) is 48.5 Å². The standard InChI is InChI=1S/C31H35NO4/c1-20(21-8-14-24(32)15-9-21)27(22-10-16-25(17-11-22)35-28(33)30(2,3)4)23-12-18-26(19-13-23)36-29(34)31(5,6)7/h8-19H,32H2,1-7H3. The van der Waals surface area contributed by atoms with Crippen molar-refractivity contribution in [3.8, 4) is 11.5 Å². The summed E-state index contributed by atoms with van der Waals surface area (Å²) in [7, 11) is 0. The molecule has 0 atom stereocenters. The Kier molecular flexibility index (Phi) is 7.73. The van der Waals surface area contributed by atoms with Crippen molar-refractivity contribution in [2.24, 2.45) is 10.8 Å². The molecule has 0 aliphatic carbocycles. The first-order valence-corrected chi connectivity index (χ1v) is 12.0. The minimum atomic E-state index is -0.590. The Morgan fingerprint density at radius 2 is 0.917 bits per heavy atom. The Balaban J connectivity index is 2.01. The molecule has 36 heavy (non-hydrogen) atoms. The van der Waals surface area contributed by atoms with Gasteiger partial charge in [-0.05, 0) is 113 Å². The molecule has 0 aromatic heterocycles. The van der Waals surface area contributed by atoms with E-state index in [9.17, 15) is 9.59 Å². The zero-order valence-corrected chi connectivity index (χ0v) is 22.1. The Hall–Kier alpha value is -3.86. The van der Waals surface area contributed by atoms with Crippen LogP contribution in [0.2, 0.25) is 0 Å². The van der Waals surface area contributed by atoms with Gasteiger partial charge in [-0.2, -0.15) is 0 Å². The molecule has 0 heterocycles.